The molecule has 0 saturated carbocycles. The molecule has 752 valence electrons. The van der Waals surface area contributed by atoms with Gasteiger partial charge in [0, 0.05) is 90.0 Å². The Morgan fingerprint density at radius 1 is 0.260 bits per heavy atom. The van der Waals surface area contributed by atoms with E-state index in [1.165, 1.54) is 116 Å². The van der Waals surface area contributed by atoms with Crippen molar-refractivity contribution < 1.29 is 182 Å². The van der Waals surface area contributed by atoms with Crippen LogP contribution in [0.25, 0.3) is 0 Å². The van der Waals surface area contributed by atoms with Crippen LogP contribution < -0.4 is 5.32 Å². The number of ether oxygens (including phenoxy) is 21. The number of unbranched alkanes of at least 4 members (excludes halogenated alkanes) is 30. The zero-order valence-electron chi connectivity index (χ0n) is 79.6. The Morgan fingerprint density at radius 2 is 0.489 bits per heavy atom. The van der Waals surface area contributed by atoms with Gasteiger partial charge in [-0.3, -0.25) is 67.1 Å². The van der Waals surface area contributed by atoms with E-state index in [1.54, 1.807) is 0 Å². The molecule has 4 aliphatic heterocycles. The maximum Gasteiger partial charge on any atom is 0.303 e. The molecule has 39 nitrogen and oxygen atoms in total. The molecule has 131 heavy (non-hydrogen) atoms. The second-order valence-corrected chi connectivity index (χ2v) is 34.1. The zero-order chi connectivity index (χ0) is 97.1. The average molecular weight is 1880 g/mol. The van der Waals surface area contributed by atoms with Gasteiger partial charge in [-0.15, -0.1) is 0 Å². The van der Waals surface area contributed by atoms with E-state index in [0.717, 1.165) is 161 Å². The van der Waals surface area contributed by atoms with Crippen molar-refractivity contribution in [3.63, 3.8) is 0 Å². The van der Waals surface area contributed by atoms with E-state index < -0.39 is 264 Å². The lowest BCUT2D eigenvalue weighted by molar-refractivity contribution is -0.374. The van der Waals surface area contributed by atoms with Crippen LogP contribution in [0.3, 0.4) is 0 Å². The van der Waals surface area contributed by atoms with Crippen LogP contribution in [0.15, 0.2) is 0 Å². The molecule has 0 aromatic heterocycles. The minimum Gasteiger partial charge on any atom is -0.463 e. The summed E-state index contributed by atoms with van der Waals surface area (Å²) in [5, 5.41) is 38.0. The van der Waals surface area contributed by atoms with Crippen LogP contribution in [0, 0.1) is 0 Å². The first-order chi connectivity index (χ1) is 62.3. The second-order valence-electron chi connectivity index (χ2n) is 34.1. The maximum absolute atomic E-state index is 14.2. The molecule has 0 aliphatic carbocycles. The summed E-state index contributed by atoms with van der Waals surface area (Å²) in [6, 6.07) is -1.58. The molecule has 4 heterocycles. The van der Waals surface area contributed by atoms with E-state index in [9.17, 15) is 82.4 Å². The van der Waals surface area contributed by atoms with E-state index in [4.69, 9.17) is 99.5 Å². The van der Waals surface area contributed by atoms with Gasteiger partial charge >= 0.3 is 77.6 Å². The van der Waals surface area contributed by atoms with E-state index >= 15 is 0 Å². The summed E-state index contributed by atoms with van der Waals surface area (Å²) in [5.74, 6) is -14.6. The van der Waals surface area contributed by atoms with Gasteiger partial charge in [0.05, 0.1) is 32.0 Å². The number of carbonyl (C=O) groups is 14. The van der Waals surface area contributed by atoms with E-state index in [0.29, 0.717) is 19.3 Å². The number of hydrogen-bond donors (Lipinski definition) is 4. The third-order valence-corrected chi connectivity index (χ3v) is 22.3. The van der Waals surface area contributed by atoms with Crippen LogP contribution in [-0.4, -0.2) is 279 Å². The molecule has 4 rings (SSSR count). The Balaban J connectivity index is 1.79. The van der Waals surface area contributed by atoms with Gasteiger partial charge in [0.25, 0.3) is 0 Å². The number of nitrogens with one attached hydrogen (secondary N) is 1. The average Bonchev–Trinajstić information content (AvgIpc) is 0.760. The summed E-state index contributed by atoms with van der Waals surface area (Å²) in [4.78, 5) is 185. The zero-order valence-corrected chi connectivity index (χ0v) is 79.6. The largest absolute Gasteiger partial charge is 0.463 e. The number of hydrogen-bond acceptors (Lipinski definition) is 38. The van der Waals surface area contributed by atoms with Gasteiger partial charge in [-0.2, -0.15) is 0 Å². The quantitative estimate of drug-likeness (QED) is 0.0250. The summed E-state index contributed by atoms with van der Waals surface area (Å²) in [6.45, 7) is 12.3. The molecular formula is C92H151NO38. The number of amides is 1. The topological polar surface area (TPSA) is 506 Å². The van der Waals surface area contributed by atoms with Gasteiger partial charge in [0.1, 0.15) is 49.8 Å². The van der Waals surface area contributed by atoms with E-state index in [2.05, 4.69) is 19.2 Å². The first-order valence-corrected chi connectivity index (χ1v) is 47.0. The van der Waals surface area contributed by atoms with Gasteiger partial charge in [-0.25, -0.2) is 0 Å². The number of aliphatic hydroxyl groups excluding tert-OH is 3. The Morgan fingerprint density at radius 3 is 0.779 bits per heavy atom. The lowest BCUT2D eigenvalue weighted by atomic mass is 9.96. The summed E-state index contributed by atoms with van der Waals surface area (Å²) in [5.41, 5.74) is 0. The number of carbonyl (C=O) groups excluding carboxylic acids is 14. The smallest absolute Gasteiger partial charge is 0.303 e. The maximum atomic E-state index is 14.2. The lowest BCUT2D eigenvalue weighted by Gasteiger charge is -2.49. The Hall–Kier alpha value is -7.86. The van der Waals surface area contributed by atoms with Gasteiger partial charge < -0.3 is 120 Å². The minimum absolute atomic E-state index is 0.0347. The molecule has 0 unspecified atom stereocenters. The number of rotatable bonds is 64. The molecule has 0 bridgehead atoms. The summed E-state index contributed by atoms with van der Waals surface area (Å²) in [6.07, 6.45) is -8.50. The molecule has 4 aliphatic rings. The van der Waals surface area contributed by atoms with Gasteiger partial charge in [0.2, 0.25) is 5.91 Å². The van der Waals surface area contributed by atoms with Crippen molar-refractivity contribution in [2.24, 2.45) is 0 Å². The van der Waals surface area contributed by atoms with Gasteiger partial charge in [0.15, 0.2) is 98.4 Å². The summed E-state index contributed by atoms with van der Waals surface area (Å²) < 4.78 is 125. The highest BCUT2D eigenvalue weighted by molar-refractivity contribution is 5.81. The normalized spacial score (nSPS) is 26.2. The molecule has 39 heteroatoms. The summed E-state index contributed by atoms with van der Waals surface area (Å²) >= 11 is 0. The van der Waals surface area contributed by atoms with Crippen LogP contribution in [0.4, 0.5) is 0 Å². The molecule has 4 saturated heterocycles. The molecule has 4 fully saturated rings. The van der Waals surface area contributed by atoms with Crippen molar-refractivity contribution in [1.29, 1.82) is 0 Å². The van der Waals surface area contributed by atoms with Crippen LogP contribution >= 0.6 is 0 Å². The van der Waals surface area contributed by atoms with Crippen LogP contribution in [0.5, 0.6) is 0 Å². The highest BCUT2D eigenvalue weighted by Crippen LogP contribution is 2.39. The minimum atomic E-state index is -2.18. The SMILES string of the molecule is CCCCCCCCCCCCCCCCCCCCCC[C@@H](O)C(=O)N[C@@H](CO[C@@H]1O[C@H](CO[C@@H]2O[C@H](CO[C@@H]3O[C@H](COC(C)=O)[C@H](OC(C)=O)[C@H](OC(C)=O)[C@H]3O[C@H]3O[C@H](COC(C)=O)[C@@H](OC(C)=O)[C@H](OC(C)=O)[C@H]3OC(C)=O)[C@H](OC(C)=O)[C@H](OC(C)=O)[C@H]2OC(C)=O)[C@H](OC(C)=O)[C@H](OC(C)=O)[C@H]1OC(C)=O)[C@H](O)[C@H](O)CCCCCCCCCCCCCC. The Kier molecular flexibility index (Phi) is 56.5. The first-order valence-electron chi connectivity index (χ1n) is 47.0. The highest BCUT2D eigenvalue weighted by Gasteiger charge is 2.60. The molecule has 4 N–H and O–H groups in total. The fourth-order valence-electron chi connectivity index (χ4n) is 16.3. The van der Waals surface area contributed by atoms with Crippen LogP contribution in [0.2, 0.25) is 0 Å². The third kappa shape index (κ3) is 45.4. The molecule has 24 atom stereocenters. The van der Waals surface area contributed by atoms with E-state index in [-0.39, 0.29) is 12.8 Å². The third-order valence-electron chi connectivity index (χ3n) is 22.3. The van der Waals surface area contributed by atoms with Crippen molar-refractivity contribution in [3.8, 4) is 0 Å². The van der Waals surface area contributed by atoms with Crippen molar-refractivity contribution in [1.82, 2.24) is 5.32 Å². The lowest BCUT2D eigenvalue weighted by Crippen LogP contribution is -2.67. The fraction of sp³-hybridized carbons (Fsp3) is 0.848. The van der Waals surface area contributed by atoms with Gasteiger partial charge in [-0.05, 0) is 12.8 Å². The molecule has 0 aromatic carbocycles. The van der Waals surface area contributed by atoms with Gasteiger partial charge in [-0.1, -0.05) is 219 Å². The first kappa shape index (κ1) is 115. The van der Waals surface area contributed by atoms with Crippen molar-refractivity contribution >= 4 is 83.5 Å². The van der Waals surface area contributed by atoms with E-state index in [1.807, 2.05) is 0 Å². The molecule has 1 amide bonds. The standard InChI is InChI=1S/C92H151NO38/c1-16-18-20-22-24-26-28-30-31-32-33-34-35-36-37-39-41-43-45-47-49-70(108)88(110)93-68(75(109)69(107)48-46-44-42-40-38-29-27-25-23-21-19-17-2)50-113-89-84(124-65(13)104)80(120-61(9)100)78(118-59(7)98)73(128-89)53-114-90-85(125-66(14)105)81(121-62(10)101)79(119-60(8)99)74(129-90)54-115-91-86(82(122-63(11)102)76(116-57(5)96)71(127-91)51-111-55(3)94)131-92-87(126-67(15)106)83(123-64(12)103)77(117-58(6)97)72(130-92)52-112-56(4)95/h68-87,89-92,107-109H,16-54H2,1-15H3,(H,93,110)/t68-,69+,70+,71+,72+,73+,74+,75-,76-,77+,78-,79-,80-,81-,82-,83-,84+,85+,86+,87+,89+,90+,91+,92+/m0/s1. The number of esters is 13. The summed E-state index contributed by atoms with van der Waals surface area (Å²) in [7, 11) is 0. The molecule has 0 spiro atoms. The van der Waals surface area contributed by atoms with Crippen molar-refractivity contribution in [2.45, 2.75) is 469 Å². The second kappa shape index (κ2) is 64.2. The Labute approximate surface area is 770 Å². The highest BCUT2D eigenvalue weighted by atomic mass is 16.8. The Bertz CT molecular complexity index is 3430. The molecular weight excluding hydrogens is 1730 g/mol. The van der Waals surface area contributed by atoms with Crippen molar-refractivity contribution in [2.75, 3.05) is 33.0 Å². The molecule has 0 radical (unpaired) electrons. The fourth-order valence-corrected chi connectivity index (χ4v) is 16.3. The van der Waals surface area contributed by atoms with Crippen LogP contribution in [-0.2, 0) is 167 Å². The van der Waals surface area contributed by atoms with Crippen LogP contribution in [0.1, 0.15) is 322 Å². The van der Waals surface area contributed by atoms with Crippen molar-refractivity contribution in [3.05, 3.63) is 0 Å². The number of aliphatic hydroxyl groups is 3. The predicted octanol–water partition coefficient (Wildman–Crippen LogP) is 9.57. The predicted molar refractivity (Wildman–Crippen MR) is 460 cm³/mol. The monoisotopic (exact) mass is 1880 g/mol. The molecule has 0 aromatic rings.